The van der Waals surface area contributed by atoms with Gasteiger partial charge in [0, 0.05) is 0 Å². The van der Waals surface area contributed by atoms with Crippen LogP contribution < -0.4 is 10.6 Å². The highest BCUT2D eigenvalue weighted by atomic mass is 35.5. The van der Waals surface area contributed by atoms with E-state index in [0.29, 0.717) is 0 Å². The molecule has 0 bridgehead atoms. The Morgan fingerprint density at radius 3 is 2.31 bits per heavy atom. The van der Waals surface area contributed by atoms with Crippen molar-refractivity contribution < 1.29 is 22.9 Å². The van der Waals surface area contributed by atoms with Gasteiger partial charge in [-0.15, -0.1) is 0 Å². The van der Waals surface area contributed by atoms with Crippen LogP contribution in [-0.4, -0.2) is 53.0 Å². The summed E-state index contributed by atoms with van der Waals surface area (Å²) in [7, 11) is -4.22. The first-order valence-electron chi connectivity index (χ1n) is 8.35. The van der Waals surface area contributed by atoms with E-state index in [0.717, 1.165) is 9.21 Å². The molecule has 0 aromatic heterocycles. The smallest absolute Gasteiger partial charge is 0.324 e. The van der Waals surface area contributed by atoms with Gasteiger partial charge in [0.05, 0.1) is 34.5 Å². The lowest BCUT2D eigenvalue weighted by molar-refractivity contribution is 0.256. The summed E-state index contributed by atoms with van der Waals surface area (Å²) in [6, 6.07) is 7.81. The van der Waals surface area contributed by atoms with E-state index in [1.54, 1.807) is 12.1 Å². The molecular formula is C17H17Cl2N3O5S2. The van der Waals surface area contributed by atoms with E-state index < -0.39 is 37.9 Å². The van der Waals surface area contributed by atoms with Crippen LogP contribution in [0.25, 0.3) is 0 Å². The summed E-state index contributed by atoms with van der Waals surface area (Å²) in [5, 5.41) is 10.8. The molecule has 3 rings (SSSR count). The number of halogens is 2. The van der Waals surface area contributed by atoms with E-state index in [9.17, 15) is 22.9 Å². The van der Waals surface area contributed by atoms with Crippen molar-refractivity contribution in [2.24, 2.45) is 5.73 Å². The third-order valence-electron chi connectivity index (χ3n) is 4.35. The summed E-state index contributed by atoms with van der Waals surface area (Å²) < 4.78 is 38.9. The molecule has 0 unspecified atom stereocenters. The zero-order valence-electron chi connectivity index (χ0n) is 14.9. The first-order chi connectivity index (χ1) is 13.6. The Balaban J connectivity index is 2.14. The zero-order chi connectivity index (χ0) is 21.3. The molecule has 1 heterocycles. The number of phenolic OH excluding ortho intramolecular Hbond substituents is 1. The molecule has 0 saturated carbocycles. The maximum Gasteiger partial charge on any atom is 0.324 e. The van der Waals surface area contributed by atoms with Gasteiger partial charge in [-0.2, -0.15) is 4.31 Å². The van der Waals surface area contributed by atoms with E-state index in [-0.39, 0.29) is 46.0 Å². The Hall–Kier alpha value is -1.69. The molecule has 156 valence electrons. The molecule has 0 radical (unpaired) electrons. The second-order valence-electron chi connectivity index (χ2n) is 6.12. The maximum absolute atomic E-state index is 13.1. The zero-order valence-corrected chi connectivity index (χ0v) is 18.1. The number of nitrogens with zero attached hydrogens (tertiary/aromatic N) is 2. The first kappa shape index (κ1) is 22.0. The summed E-state index contributed by atoms with van der Waals surface area (Å²) in [4.78, 5) is 12.5. The molecule has 1 saturated heterocycles. The Kier molecular flexibility index (Phi) is 6.51. The van der Waals surface area contributed by atoms with Gasteiger partial charge < -0.3 is 15.4 Å². The molecule has 12 heteroatoms. The van der Waals surface area contributed by atoms with Crippen molar-refractivity contribution in [1.29, 1.82) is 0 Å². The number of rotatable bonds is 4. The van der Waals surface area contributed by atoms with Gasteiger partial charge in [-0.25, -0.2) is 13.2 Å². The molecule has 1 aliphatic rings. The average molecular weight is 478 g/mol. The monoisotopic (exact) mass is 477 g/mol. The number of carbonyl (C=O) groups excluding carboxylic acids is 1. The summed E-state index contributed by atoms with van der Waals surface area (Å²) in [5.41, 5.74) is 5.46. The fourth-order valence-electron chi connectivity index (χ4n) is 2.95. The molecule has 3 N–H and O–H groups in total. The van der Waals surface area contributed by atoms with Gasteiger partial charge in [0.1, 0.15) is 16.4 Å². The largest absolute Gasteiger partial charge is 0.616 e. The second-order valence-corrected chi connectivity index (χ2v) is 10.5. The number of urea groups is 1. The van der Waals surface area contributed by atoms with Crippen LogP contribution in [0.15, 0.2) is 41.3 Å². The molecule has 2 aromatic rings. The van der Waals surface area contributed by atoms with Gasteiger partial charge >= 0.3 is 6.03 Å². The highest BCUT2D eigenvalue weighted by Crippen LogP contribution is 2.43. The van der Waals surface area contributed by atoms with Gasteiger partial charge in [-0.05, 0) is 24.3 Å². The SMILES string of the molecule is NC(=O)N(c1ccccc1Cl)c1ccc(Cl)c(S(=O)(=O)N2CC[S+]([O-])CC2)c1O. The van der Waals surface area contributed by atoms with E-state index >= 15 is 0 Å². The highest BCUT2D eigenvalue weighted by Gasteiger charge is 2.36. The minimum absolute atomic E-state index is 0.0268. The molecule has 29 heavy (non-hydrogen) atoms. The van der Waals surface area contributed by atoms with Crippen molar-refractivity contribution in [3.63, 3.8) is 0 Å². The topological polar surface area (TPSA) is 127 Å². The first-order valence-corrected chi connectivity index (χ1v) is 12.0. The third-order valence-corrected chi connectivity index (χ3v) is 8.35. The Labute approximate surface area is 181 Å². The van der Waals surface area contributed by atoms with Crippen molar-refractivity contribution in [3.05, 3.63) is 46.4 Å². The molecule has 2 aromatic carbocycles. The van der Waals surface area contributed by atoms with Crippen LogP contribution in [0.4, 0.5) is 16.2 Å². The Bertz CT molecular complexity index is 1040. The van der Waals surface area contributed by atoms with Crippen LogP contribution in [0, 0.1) is 0 Å². The minimum atomic E-state index is -4.22. The lowest BCUT2D eigenvalue weighted by Gasteiger charge is -2.29. The lowest BCUT2D eigenvalue weighted by atomic mass is 10.2. The predicted octanol–water partition coefficient (Wildman–Crippen LogP) is 2.67. The van der Waals surface area contributed by atoms with Crippen molar-refractivity contribution in [1.82, 2.24) is 4.31 Å². The maximum atomic E-state index is 13.1. The number of amides is 2. The number of benzene rings is 2. The number of sulfonamides is 1. The number of hydrogen-bond donors (Lipinski definition) is 2. The van der Waals surface area contributed by atoms with E-state index in [4.69, 9.17) is 28.9 Å². The summed E-state index contributed by atoms with van der Waals surface area (Å²) in [6.07, 6.45) is 0. The van der Waals surface area contributed by atoms with Gasteiger partial charge in [0.2, 0.25) is 10.0 Å². The molecule has 0 atom stereocenters. The fourth-order valence-corrected chi connectivity index (χ4v) is 6.49. The van der Waals surface area contributed by atoms with Crippen LogP contribution >= 0.6 is 23.2 Å². The standard InChI is InChI=1S/C17H17Cl2N3O5S2/c18-11-3-1-2-4-13(11)22(17(20)24)14-6-5-12(19)16(15(14)23)29(26,27)21-7-9-28(25)10-8-21/h1-6,23H,7-10H2,(H2,20,24). The van der Waals surface area contributed by atoms with Gasteiger partial charge in [-0.1, -0.05) is 46.5 Å². The number of phenols is 1. The molecule has 0 aliphatic carbocycles. The van der Waals surface area contributed by atoms with E-state index in [2.05, 4.69) is 0 Å². The molecule has 8 nitrogen and oxygen atoms in total. The van der Waals surface area contributed by atoms with E-state index in [1.807, 2.05) is 0 Å². The van der Waals surface area contributed by atoms with E-state index in [1.165, 1.54) is 24.3 Å². The third kappa shape index (κ3) is 4.27. The molecule has 0 spiro atoms. The van der Waals surface area contributed by atoms with Gasteiger partial charge in [-0.3, -0.25) is 4.90 Å². The van der Waals surface area contributed by atoms with Crippen molar-refractivity contribution >= 4 is 61.8 Å². The Morgan fingerprint density at radius 2 is 1.72 bits per heavy atom. The second kappa shape index (κ2) is 8.58. The van der Waals surface area contributed by atoms with Crippen molar-refractivity contribution in [2.75, 3.05) is 29.5 Å². The number of anilines is 2. The fraction of sp³-hybridized carbons (Fsp3) is 0.235. The van der Waals surface area contributed by atoms with Crippen LogP contribution in [-0.2, 0) is 21.2 Å². The van der Waals surface area contributed by atoms with Crippen LogP contribution in [0.2, 0.25) is 10.0 Å². The number of hydrogen-bond acceptors (Lipinski definition) is 5. The summed E-state index contributed by atoms with van der Waals surface area (Å²) in [6.45, 7) is 0.0535. The highest BCUT2D eigenvalue weighted by molar-refractivity contribution is 7.92. The van der Waals surface area contributed by atoms with Gasteiger partial charge in [0.15, 0.2) is 5.75 Å². The minimum Gasteiger partial charge on any atom is -0.616 e. The number of aromatic hydroxyl groups is 1. The molecule has 2 amide bonds. The summed E-state index contributed by atoms with van der Waals surface area (Å²) >= 11 is 11.2. The normalized spacial score (nSPS) is 16.0. The van der Waals surface area contributed by atoms with Crippen LogP contribution in [0.1, 0.15) is 0 Å². The van der Waals surface area contributed by atoms with Crippen molar-refractivity contribution in [2.45, 2.75) is 4.90 Å². The molecule has 1 aliphatic heterocycles. The van der Waals surface area contributed by atoms with Gasteiger partial charge in [0.25, 0.3) is 0 Å². The number of carbonyl (C=O) groups is 1. The summed E-state index contributed by atoms with van der Waals surface area (Å²) in [5.74, 6) is -0.364. The number of para-hydroxylation sites is 1. The average Bonchev–Trinajstić information content (AvgIpc) is 2.65. The van der Waals surface area contributed by atoms with Crippen LogP contribution in [0.5, 0.6) is 5.75 Å². The molecule has 1 fully saturated rings. The predicted molar refractivity (Wildman–Crippen MR) is 113 cm³/mol. The van der Waals surface area contributed by atoms with Crippen molar-refractivity contribution in [3.8, 4) is 5.75 Å². The quantitative estimate of drug-likeness (QED) is 0.654. The number of nitrogens with two attached hydrogens (primary N) is 1. The van der Waals surface area contributed by atoms with Crippen LogP contribution in [0.3, 0.4) is 0 Å². The molecular weight excluding hydrogens is 461 g/mol. The lowest BCUT2D eigenvalue weighted by Crippen LogP contribution is -2.43. The Morgan fingerprint density at radius 1 is 1.10 bits per heavy atom. The number of primary amides is 1.